The summed E-state index contributed by atoms with van der Waals surface area (Å²) in [7, 11) is 1.66. The van der Waals surface area contributed by atoms with Crippen molar-refractivity contribution in [3.8, 4) is 0 Å². The summed E-state index contributed by atoms with van der Waals surface area (Å²) in [6, 6.07) is 7.44. The Bertz CT molecular complexity index is 825. The highest BCUT2D eigenvalue weighted by atomic mass is 19.1. The third-order valence-electron chi connectivity index (χ3n) is 4.29. The first-order valence-corrected chi connectivity index (χ1v) is 8.50. The van der Waals surface area contributed by atoms with Gasteiger partial charge in [0, 0.05) is 25.2 Å². The lowest BCUT2D eigenvalue weighted by molar-refractivity contribution is 0.0728. The molecular weight excluding hydrogens is 349 g/mol. The minimum Gasteiger partial charge on any atom is -0.398 e. The van der Waals surface area contributed by atoms with E-state index in [4.69, 9.17) is 11.5 Å². The number of nitrogens with zero attached hydrogens (tertiary/aromatic N) is 2. The Labute approximate surface area is 157 Å². The highest BCUT2D eigenvalue weighted by molar-refractivity contribution is 5.99. The first-order chi connectivity index (χ1) is 12.7. The molecule has 2 aromatic rings. The standard InChI is InChI=1S/C19H24FN5O2/c1-11-4-6-15(21)14(8-11)19(27)25(3)12(2)9-17(22)24-18(26)16-7-5-13(20)10-23-16/h4-8,10,12,17H,9,21-22H2,1-3H3,(H,24,26)/t12-,17?/m0/s1. The number of nitrogen functional groups attached to an aromatic ring is 1. The molecule has 27 heavy (non-hydrogen) atoms. The van der Waals surface area contributed by atoms with Gasteiger partial charge >= 0.3 is 0 Å². The minimum atomic E-state index is -0.704. The van der Waals surface area contributed by atoms with Crippen molar-refractivity contribution in [3.05, 3.63) is 59.2 Å². The number of carbonyl (C=O) groups excluding carboxylic acids is 2. The monoisotopic (exact) mass is 373 g/mol. The number of hydrogen-bond donors (Lipinski definition) is 3. The molecule has 0 saturated carbocycles. The van der Waals surface area contributed by atoms with Crippen molar-refractivity contribution in [1.29, 1.82) is 0 Å². The maximum Gasteiger partial charge on any atom is 0.271 e. The quantitative estimate of drug-likeness (QED) is 0.526. The Morgan fingerprint density at radius 3 is 2.63 bits per heavy atom. The highest BCUT2D eigenvalue weighted by Gasteiger charge is 2.22. The summed E-state index contributed by atoms with van der Waals surface area (Å²) >= 11 is 0. The Kier molecular flexibility index (Phi) is 6.46. The van der Waals surface area contributed by atoms with Gasteiger partial charge in [-0.05, 0) is 38.1 Å². The summed E-state index contributed by atoms with van der Waals surface area (Å²) in [6.45, 7) is 3.71. The van der Waals surface area contributed by atoms with E-state index >= 15 is 0 Å². The molecule has 0 aliphatic carbocycles. The van der Waals surface area contributed by atoms with Gasteiger partial charge in [0.2, 0.25) is 0 Å². The topological polar surface area (TPSA) is 114 Å². The van der Waals surface area contributed by atoms with Crippen LogP contribution >= 0.6 is 0 Å². The van der Waals surface area contributed by atoms with Crippen LogP contribution < -0.4 is 16.8 Å². The largest absolute Gasteiger partial charge is 0.398 e. The van der Waals surface area contributed by atoms with E-state index in [-0.39, 0.29) is 17.6 Å². The number of aryl methyl sites for hydroxylation is 1. The van der Waals surface area contributed by atoms with Crippen LogP contribution in [-0.4, -0.2) is 41.0 Å². The van der Waals surface area contributed by atoms with E-state index < -0.39 is 17.9 Å². The summed E-state index contributed by atoms with van der Waals surface area (Å²) in [5.41, 5.74) is 13.7. The van der Waals surface area contributed by atoms with E-state index in [9.17, 15) is 14.0 Å². The molecule has 1 unspecified atom stereocenters. The van der Waals surface area contributed by atoms with E-state index in [2.05, 4.69) is 10.3 Å². The number of benzene rings is 1. The van der Waals surface area contributed by atoms with Crippen molar-refractivity contribution < 1.29 is 14.0 Å². The number of anilines is 1. The molecule has 7 nitrogen and oxygen atoms in total. The van der Waals surface area contributed by atoms with Crippen LogP contribution in [0.4, 0.5) is 10.1 Å². The molecule has 0 spiro atoms. The van der Waals surface area contributed by atoms with Crippen LogP contribution in [0.15, 0.2) is 36.5 Å². The summed E-state index contributed by atoms with van der Waals surface area (Å²) < 4.78 is 12.9. The SMILES string of the molecule is Cc1ccc(N)c(C(=O)N(C)[C@@H](C)CC(N)NC(=O)c2ccc(F)cn2)c1. The summed E-state index contributed by atoms with van der Waals surface area (Å²) in [6.07, 6.45) is 0.576. The molecule has 1 aromatic heterocycles. The Balaban J connectivity index is 1.97. The number of hydrogen-bond acceptors (Lipinski definition) is 5. The third-order valence-corrected chi connectivity index (χ3v) is 4.29. The molecule has 144 valence electrons. The van der Waals surface area contributed by atoms with Crippen LogP contribution in [0.2, 0.25) is 0 Å². The molecule has 0 bridgehead atoms. The first-order valence-electron chi connectivity index (χ1n) is 8.50. The molecular formula is C19H24FN5O2. The lowest BCUT2D eigenvalue weighted by atomic mass is 10.1. The summed E-state index contributed by atoms with van der Waals surface area (Å²) in [5.74, 6) is -1.26. The van der Waals surface area contributed by atoms with Crippen LogP contribution in [0.1, 0.15) is 39.8 Å². The zero-order valence-corrected chi connectivity index (χ0v) is 15.6. The van der Waals surface area contributed by atoms with Crippen LogP contribution in [0, 0.1) is 12.7 Å². The number of carbonyl (C=O) groups is 2. The Morgan fingerprint density at radius 1 is 1.30 bits per heavy atom. The molecule has 5 N–H and O–H groups in total. The van der Waals surface area contributed by atoms with Gasteiger partial charge in [0.15, 0.2) is 0 Å². The van der Waals surface area contributed by atoms with Gasteiger partial charge in [0.05, 0.1) is 17.9 Å². The van der Waals surface area contributed by atoms with E-state index in [0.717, 1.165) is 17.8 Å². The van der Waals surface area contributed by atoms with Crippen molar-refractivity contribution in [1.82, 2.24) is 15.2 Å². The fourth-order valence-electron chi connectivity index (χ4n) is 2.58. The molecule has 0 fully saturated rings. The lowest BCUT2D eigenvalue weighted by Crippen LogP contribution is -2.47. The number of pyridine rings is 1. The summed E-state index contributed by atoms with van der Waals surface area (Å²) in [5, 5.41) is 2.59. The zero-order chi connectivity index (χ0) is 20.1. The third kappa shape index (κ3) is 5.24. The average molecular weight is 373 g/mol. The molecule has 0 aliphatic heterocycles. The van der Waals surface area contributed by atoms with Gasteiger partial charge in [-0.2, -0.15) is 0 Å². The van der Waals surface area contributed by atoms with Gasteiger partial charge in [0.1, 0.15) is 11.5 Å². The van der Waals surface area contributed by atoms with Gasteiger partial charge in [-0.25, -0.2) is 9.37 Å². The van der Waals surface area contributed by atoms with Gasteiger partial charge in [0.25, 0.3) is 11.8 Å². The van der Waals surface area contributed by atoms with Crippen molar-refractivity contribution in [3.63, 3.8) is 0 Å². The van der Waals surface area contributed by atoms with E-state index in [1.165, 1.54) is 11.0 Å². The van der Waals surface area contributed by atoms with Gasteiger partial charge < -0.3 is 21.7 Å². The fraction of sp³-hybridized carbons (Fsp3) is 0.316. The molecule has 1 heterocycles. The van der Waals surface area contributed by atoms with Crippen molar-refractivity contribution >= 4 is 17.5 Å². The number of halogens is 1. The molecule has 0 radical (unpaired) electrons. The number of aromatic nitrogens is 1. The highest BCUT2D eigenvalue weighted by Crippen LogP contribution is 2.17. The Morgan fingerprint density at radius 2 is 2.00 bits per heavy atom. The maximum absolute atomic E-state index is 12.9. The molecule has 8 heteroatoms. The van der Waals surface area contributed by atoms with Crippen molar-refractivity contribution in [2.24, 2.45) is 5.73 Å². The predicted octanol–water partition coefficient (Wildman–Crippen LogP) is 1.68. The molecule has 2 atom stereocenters. The maximum atomic E-state index is 12.9. The number of rotatable bonds is 6. The normalized spacial score (nSPS) is 12.9. The summed E-state index contributed by atoms with van der Waals surface area (Å²) in [4.78, 5) is 30.0. The molecule has 2 rings (SSSR count). The van der Waals surface area contributed by atoms with Gasteiger partial charge in [-0.3, -0.25) is 9.59 Å². The van der Waals surface area contributed by atoms with Gasteiger partial charge in [-0.1, -0.05) is 11.6 Å². The number of nitrogens with two attached hydrogens (primary N) is 2. The number of amides is 2. The molecule has 0 aliphatic rings. The van der Waals surface area contributed by atoms with Crippen LogP contribution in [0.3, 0.4) is 0 Å². The molecule has 1 aromatic carbocycles. The van der Waals surface area contributed by atoms with E-state index in [0.29, 0.717) is 17.7 Å². The average Bonchev–Trinajstić information content (AvgIpc) is 2.62. The van der Waals surface area contributed by atoms with Crippen LogP contribution in [0.5, 0.6) is 0 Å². The predicted molar refractivity (Wildman–Crippen MR) is 101 cm³/mol. The second kappa shape index (κ2) is 8.59. The molecule has 0 saturated heterocycles. The van der Waals surface area contributed by atoms with Gasteiger partial charge in [-0.15, -0.1) is 0 Å². The number of nitrogens with one attached hydrogen (secondary N) is 1. The molecule has 2 amide bonds. The van der Waals surface area contributed by atoms with Crippen molar-refractivity contribution in [2.75, 3.05) is 12.8 Å². The van der Waals surface area contributed by atoms with Crippen LogP contribution in [0.25, 0.3) is 0 Å². The van der Waals surface area contributed by atoms with Crippen molar-refractivity contribution in [2.45, 2.75) is 32.5 Å². The zero-order valence-electron chi connectivity index (χ0n) is 15.6. The second-order valence-corrected chi connectivity index (χ2v) is 6.53. The smallest absolute Gasteiger partial charge is 0.271 e. The van der Waals surface area contributed by atoms with Crippen LogP contribution in [-0.2, 0) is 0 Å². The Hall–Kier alpha value is -3.00. The minimum absolute atomic E-state index is 0.0662. The van der Waals surface area contributed by atoms with E-state index in [1.807, 2.05) is 19.9 Å². The first kappa shape index (κ1) is 20.3. The fourth-order valence-corrected chi connectivity index (χ4v) is 2.58. The second-order valence-electron chi connectivity index (χ2n) is 6.53. The van der Waals surface area contributed by atoms with E-state index in [1.54, 1.807) is 19.2 Å². The lowest BCUT2D eigenvalue weighted by Gasteiger charge is -2.28.